The molecular formula is C11H13BrN2O3. The van der Waals surface area contributed by atoms with Gasteiger partial charge < -0.3 is 14.6 Å². The van der Waals surface area contributed by atoms with Crippen molar-refractivity contribution >= 4 is 27.7 Å². The highest BCUT2D eigenvalue weighted by molar-refractivity contribution is 9.10. The molecule has 6 heteroatoms. The van der Waals surface area contributed by atoms with Crippen molar-refractivity contribution in [1.82, 2.24) is 10.2 Å². The van der Waals surface area contributed by atoms with E-state index in [1.54, 1.807) is 17.0 Å². The molecule has 0 aromatic carbocycles. The number of amides is 2. The number of hydrogen-bond acceptors (Lipinski definition) is 3. The summed E-state index contributed by atoms with van der Waals surface area (Å²) in [6.45, 7) is 2.89. The minimum absolute atomic E-state index is 0.0993. The van der Waals surface area contributed by atoms with E-state index in [9.17, 15) is 9.59 Å². The van der Waals surface area contributed by atoms with Crippen LogP contribution in [0.2, 0.25) is 0 Å². The molecule has 0 saturated carbocycles. The van der Waals surface area contributed by atoms with Crippen LogP contribution in [-0.2, 0) is 4.79 Å². The lowest BCUT2D eigenvalue weighted by Gasteiger charge is -2.33. The van der Waals surface area contributed by atoms with Crippen molar-refractivity contribution in [3.63, 3.8) is 0 Å². The van der Waals surface area contributed by atoms with Crippen LogP contribution < -0.4 is 5.32 Å². The predicted octanol–water partition coefficient (Wildman–Crippen LogP) is 1.39. The van der Waals surface area contributed by atoms with Gasteiger partial charge in [-0.05, 0) is 34.5 Å². The zero-order valence-corrected chi connectivity index (χ0v) is 11.0. The van der Waals surface area contributed by atoms with Gasteiger partial charge in [0.05, 0.1) is 0 Å². The van der Waals surface area contributed by atoms with E-state index in [0.29, 0.717) is 24.2 Å². The second-order valence-electron chi connectivity index (χ2n) is 3.82. The maximum absolute atomic E-state index is 12.2. The zero-order valence-electron chi connectivity index (χ0n) is 9.40. The van der Waals surface area contributed by atoms with Crippen molar-refractivity contribution in [3.05, 3.63) is 22.6 Å². The van der Waals surface area contributed by atoms with Gasteiger partial charge in [0.15, 0.2) is 10.4 Å². The zero-order chi connectivity index (χ0) is 12.4. The summed E-state index contributed by atoms with van der Waals surface area (Å²) >= 11 is 3.15. The van der Waals surface area contributed by atoms with Crippen LogP contribution in [-0.4, -0.2) is 35.8 Å². The third kappa shape index (κ3) is 2.36. The van der Waals surface area contributed by atoms with E-state index in [0.717, 1.165) is 0 Å². The molecule has 1 aliphatic heterocycles. The Morgan fingerprint density at radius 2 is 2.41 bits per heavy atom. The second-order valence-corrected chi connectivity index (χ2v) is 4.60. The van der Waals surface area contributed by atoms with Crippen LogP contribution in [0.15, 0.2) is 21.2 Å². The Morgan fingerprint density at radius 1 is 1.65 bits per heavy atom. The molecule has 1 fully saturated rings. The number of piperazine rings is 1. The van der Waals surface area contributed by atoms with E-state index >= 15 is 0 Å². The number of carbonyl (C=O) groups excluding carboxylic acids is 2. The van der Waals surface area contributed by atoms with E-state index in [2.05, 4.69) is 21.2 Å². The van der Waals surface area contributed by atoms with Crippen LogP contribution in [0.25, 0.3) is 0 Å². The molecular weight excluding hydrogens is 288 g/mol. The average molecular weight is 301 g/mol. The van der Waals surface area contributed by atoms with Crippen LogP contribution in [0.3, 0.4) is 0 Å². The molecule has 17 heavy (non-hydrogen) atoms. The SMILES string of the molecule is CCC1C(=O)NCCN1C(=O)c1ccc(Br)o1. The smallest absolute Gasteiger partial charge is 0.290 e. The Balaban J connectivity index is 2.20. The monoisotopic (exact) mass is 300 g/mol. The number of halogens is 1. The van der Waals surface area contributed by atoms with Gasteiger partial charge in [0.25, 0.3) is 5.91 Å². The molecule has 1 unspecified atom stereocenters. The normalized spacial score (nSPS) is 20.2. The standard InChI is InChI=1S/C11H13BrN2O3/c1-2-7-10(15)13-5-6-14(7)11(16)8-3-4-9(12)17-8/h3-4,7H,2,5-6H2,1H3,(H,13,15). The van der Waals surface area contributed by atoms with Gasteiger partial charge in [-0.15, -0.1) is 0 Å². The van der Waals surface area contributed by atoms with Gasteiger partial charge in [-0.3, -0.25) is 9.59 Å². The molecule has 2 amide bonds. The number of hydrogen-bond donors (Lipinski definition) is 1. The minimum atomic E-state index is -0.403. The number of nitrogens with one attached hydrogen (secondary N) is 1. The number of carbonyl (C=O) groups is 2. The minimum Gasteiger partial charge on any atom is -0.444 e. The van der Waals surface area contributed by atoms with Gasteiger partial charge in [-0.25, -0.2) is 0 Å². The van der Waals surface area contributed by atoms with Gasteiger partial charge in [0.1, 0.15) is 6.04 Å². The predicted molar refractivity (Wildman–Crippen MR) is 64.5 cm³/mol. The van der Waals surface area contributed by atoms with Crippen LogP contribution in [0, 0.1) is 0 Å². The summed E-state index contributed by atoms with van der Waals surface area (Å²) in [5, 5.41) is 2.75. The fourth-order valence-electron chi connectivity index (χ4n) is 1.93. The lowest BCUT2D eigenvalue weighted by Crippen LogP contribution is -2.56. The van der Waals surface area contributed by atoms with Gasteiger partial charge in [-0.1, -0.05) is 6.92 Å². The molecule has 1 saturated heterocycles. The first-order valence-corrected chi connectivity index (χ1v) is 6.26. The summed E-state index contributed by atoms with van der Waals surface area (Å²) in [7, 11) is 0. The van der Waals surface area contributed by atoms with Gasteiger partial charge >= 0.3 is 0 Å². The average Bonchev–Trinajstić information content (AvgIpc) is 2.74. The van der Waals surface area contributed by atoms with Crippen LogP contribution >= 0.6 is 15.9 Å². The van der Waals surface area contributed by atoms with Crippen molar-refractivity contribution in [2.75, 3.05) is 13.1 Å². The number of furan rings is 1. The highest BCUT2D eigenvalue weighted by Crippen LogP contribution is 2.18. The number of nitrogens with zero attached hydrogens (tertiary/aromatic N) is 1. The summed E-state index contributed by atoms with van der Waals surface area (Å²) in [5.41, 5.74) is 0. The first-order valence-electron chi connectivity index (χ1n) is 5.47. The molecule has 2 rings (SSSR count). The third-order valence-corrected chi connectivity index (χ3v) is 3.19. The maximum Gasteiger partial charge on any atom is 0.290 e. The summed E-state index contributed by atoms with van der Waals surface area (Å²) < 4.78 is 5.73. The third-order valence-electron chi connectivity index (χ3n) is 2.76. The van der Waals surface area contributed by atoms with Crippen molar-refractivity contribution in [1.29, 1.82) is 0 Å². The summed E-state index contributed by atoms with van der Waals surface area (Å²) in [5.74, 6) is -0.0832. The van der Waals surface area contributed by atoms with E-state index in [4.69, 9.17) is 4.42 Å². The first kappa shape index (κ1) is 12.2. The Bertz CT molecular complexity index is 444. The summed E-state index contributed by atoms with van der Waals surface area (Å²) in [4.78, 5) is 25.4. The second kappa shape index (κ2) is 4.91. The molecule has 1 aromatic rings. The molecule has 1 N–H and O–H groups in total. The maximum atomic E-state index is 12.2. The molecule has 0 aliphatic carbocycles. The van der Waals surface area contributed by atoms with Gasteiger partial charge in [-0.2, -0.15) is 0 Å². The van der Waals surface area contributed by atoms with Crippen molar-refractivity contribution in [3.8, 4) is 0 Å². The number of rotatable bonds is 2. The van der Waals surface area contributed by atoms with Gasteiger partial charge in [0, 0.05) is 13.1 Å². The first-order chi connectivity index (χ1) is 8.13. The fraction of sp³-hybridized carbons (Fsp3) is 0.455. The molecule has 1 aromatic heterocycles. The van der Waals surface area contributed by atoms with E-state index in [1.165, 1.54) is 0 Å². The molecule has 1 aliphatic rings. The highest BCUT2D eigenvalue weighted by atomic mass is 79.9. The van der Waals surface area contributed by atoms with Crippen LogP contribution in [0.4, 0.5) is 0 Å². The summed E-state index contributed by atoms with van der Waals surface area (Å²) in [6.07, 6.45) is 0.597. The Kier molecular flexibility index (Phi) is 3.51. The largest absolute Gasteiger partial charge is 0.444 e. The fourth-order valence-corrected chi connectivity index (χ4v) is 2.24. The lowest BCUT2D eigenvalue weighted by atomic mass is 10.1. The van der Waals surface area contributed by atoms with E-state index in [-0.39, 0.29) is 17.6 Å². The van der Waals surface area contributed by atoms with Crippen molar-refractivity contribution in [2.24, 2.45) is 0 Å². The van der Waals surface area contributed by atoms with Crippen LogP contribution in [0.1, 0.15) is 23.9 Å². The lowest BCUT2D eigenvalue weighted by molar-refractivity contribution is -0.127. The quantitative estimate of drug-likeness (QED) is 0.898. The molecule has 92 valence electrons. The van der Waals surface area contributed by atoms with E-state index in [1.807, 2.05) is 6.92 Å². The molecule has 0 spiro atoms. The topological polar surface area (TPSA) is 62.6 Å². The Hall–Kier alpha value is -1.30. The molecule has 0 bridgehead atoms. The highest BCUT2D eigenvalue weighted by Gasteiger charge is 2.33. The van der Waals surface area contributed by atoms with Crippen molar-refractivity contribution in [2.45, 2.75) is 19.4 Å². The Labute approximate surface area is 107 Å². The molecule has 5 nitrogen and oxygen atoms in total. The molecule has 0 radical (unpaired) electrons. The van der Waals surface area contributed by atoms with E-state index < -0.39 is 6.04 Å². The van der Waals surface area contributed by atoms with Crippen LogP contribution in [0.5, 0.6) is 0 Å². The van der Waals surface area contributed by atoms with Crippen molar-refractivity contribution < 1.29 is 14.0 Å². The Morgan fingerprint density at radius 3 is 3.00 bits per heavy atom. The molecule has 2 heterocycles. The van der Waals surface area contributed by atoms with Gasteiger partial charge in [0.2, 0.25) is 5.91 Å². The molecule has 1 atom stereocenters. The summed E-state index contributed by atoms with van der Waals surface area (Å²) in [6, 6.07) is 2.87.